The molecule has 1 aromatic rings. The summed E-state index contributed by atoms with van der Waals surface area (Å²) in [6, 6.07) is 7.19. The minimum atomic E-state index is -0.593. The Morgan fingerprint density at radius 1 is 1.27 bits per heavy atom. The van der Waals surface area contributed by atoms with Crippen molar-refractivity contribution in [3.63, 3.8) is 0 Å². The van der Waals surface area contributed by atoms with Crippen molar-refractivity contribution in [3.8, 4) is 5.75 Å². The van der Waals surface area contributed by atoms with E-state index in [0.717, 1.165) is 11.3 Å². The molecule has 1 heterocycles. The average Bonchev–Trinajstić information content (AvgIpc) is 2.30. The van der Waals surface area contributed by atoms with Gasteiger partial charge in [-0.2, -0.15) is 0 Å². The van der Waals surface area contributed by atoms with Crippen LogP contribution in [-0.4, -0.2) is 26.3 Å². The van der Waals surface area contributed by atoms with Crippen molar-refractivity contribution in [1.82, 2.24) is 0 Å². The Hall–Kier alpha value is -1.55. The normalized spacial score (nSPS) is 20.9. The third-order valence-electron chi connectivity index (χ3n) is 2.24. The van der Waals surface area contributed by atoms with Crippen molar-refractivity contribution >= 4 is 5.97 Å². The molecule has 0 N–H and O–H groups in total. The summed E-state index contributed by atoms with van der Waals surface area (Å²) < 4.78 is 15.3. The summed E-state index contributed by atoms with van der Waals surface area (Å²) in [4.78, 5) is 11.4. The molecule has 0 spiro atoms. The molecule has 0 bridgehead atoms. The Morgan fingerprint density at radius 2 is 2.00 bits per heavy atom. The first-order chi connectivity index (χ1) is 7.31. The first-order valence-electron chi connectivity index (χ1n) is 4.73. The minimum absolute atomic E-state index is 0.327. The molecule has 1 unspecified atom stereocenters. The highest BCUT2D eigenvalue weighted by atomic mass is 16.6. The number of carbonyl (C=O) groups excluding carboxylic acids is 1. The first kappa shape index (κ1) is 9.98. The summed E-state index contributed by atoms with van der Waals surface area (Å²) in [5.74, 6) is 0.425. The maximum Gasteiger partial charge on any atom is 0.340 e. The van der Waals surface area contributed by atoms with Gasteiger partial charge in [0.05, 0.1) is 13.7 Å². The summed E-state index contributed by atoms with van der Waals surface area (Å²) in [6.45, 7) is 0.786. The van der Waals surface area contributed by atoms with Gasteiger partial charge in [-0.1, -0.05) is 12.1 Å². The zero-order valence-electron chi connectivity index (χ0n) is 8.43. The molecule has 15 heavy (non-hydrogen) atoms. The molecule has 0 saturated carbocycles. The van der Waals surface area contributed by atoms with Crippen molar-refractivity contribution < 1.29 is 19.0 Å². The van der Waals surface area contributed by atoms with Gasteiger partial charge < -0.3 is 14.2 Å². The summed E-state index contributed by atoms with van der Waals surface area (Å²) in [5.41, 5.74) is 0.792. The van der Waals surface area contributed by atoms with E-state index in [2.05, 4.69) is 0 Å². The van der Waals surface area contributed by atoms with Crippen LogP contribution in [0, 0.1) is 0 Å². The molecule has 1 aliphatic rings. The molecule has 0 amide bonds. The van der Waals surface area contributed by atoms with Crippen LogP contribution in [0.15, 0.2) is 24.3 Å². The van der Waals surface area contributed by atoms with E-state index in [4.69, 9.17) is 14.2 Å². The maximum absolute atomic E-state index is 11.4. The number of rotatable bonds is 2. The molecule has 4 nitrogen and oxygen atoms in total. The van der Waals surface area contributed by atoms with Gasteiger partial charge in [-0.05, 0) is 17.7 Å². The second kappa shape index (κ2) is 4.31. The van der Waals surface area contributed by atoms with Gasteiger partial charge in [-0.15, -0.1) is 0 Å². The minimum Gasteiger partial charge on any atom is -0.497 e. The summed E-state index contributed by atoms with van der Waals surface area (Å²) >= 11 is 0. The SMILES string of the molecule is COc1ccc(C2OCCOC2=O)cc1. The van der Waals surface area contributed by atoms with E-state index in [-0.39, 0.29) is 5.97 Å². The summed E-state index contributed by atoms with van der Waals surface area (Å²) in [6.07, 6.45) is -0.593. The van der Waals surface area contributed by atoms with E-state index in [1.54, 1.807) is 31.4 Å². The monoisotopic (exact) mass is 208 g/mol. The fourth-order valence-electron chi connectivity index (χ4n) is 1.46. The van der Waals surface area contributed by atoms with E-state index in [1.807, 2.05) is 0 Å². The van der Waals surface area contributed by atoms with Crippen LogP contribution in [0.25, 0.3) is 0 Å². The molecule has 0 radical (unpaired) electrons. The molecule has 1 fully saturated rings. The summed E-state index contributed by atoms with van der Waals surface area (Å²) in [5, 5.41) is 0. The molecule has 0 aliphatic carbocycles. The Balaban J connectivity index is 2.17. The Kier molecular flexibility index (Phi) is 2.87. The molecule has 2 rings (SSSR count). The third-order valence-corrected chi connectivity index (χ3v) is 2.24. The van der Waals surface area contributed by atoms with Gasteiger partial charge >= 0.3 is 5.97 Å². The van der Waals surface area contributed by atoms with Gasteiger partial charge in [0.15, 0.2) is 6.10 Å². The number of carbonyl (C=O) groups is 1. The lowest BCUT2D eigenvalue weighted by atomic mass is 10.1. The third kappa shape index (κ3) is 2.10. The number of ether oxygens (including phenoxy) is 3. The van der Waals surface area contributed by atoms with E-state index in [1.165, 1.54) is 0 Å². The van der Waals surface area contributed by atoms with Crippen molar-refractivity contribution in [3.05, 3.63) is 29.8 Å². The van der Waals surface area contributed by atoms with E-state index in [0.29, 0.717) is 13.2 Å². The van der Waals surface area contributed by atoms with Gasteiger partial charge in [0, 0.05) is 0 Å². The molecule has 0 aromatic heterocycles. The Bertz CT molecular complexity index is 344. The number of methoxy groups -OCH3 is 1. The fourth-order valence-corrected chi connectivity index (χ4v) is 1.46. The number of cyclic esters (lactones) is 1. The summed E-state index contributed by atoms with van der Waals surface area (Å²) in [7, 11) is 1.60. The van der Waals surface area contributed by atoms with Gasteiger partial charge in [0.2, 0.25) is 0 Å². The lowest BCUT2D eigenvalue weighted by Gasteiger charge is -2.21. The number of esters is 1. The standard InChI is InChI=1S/C11H12O4/c1-13-9-4-2-8(3-5-9)10-11(12)15-7-6-14-10/h2-5,10H,6-7H2,1H3. The predicted octanol–water partition coefficient (Wildman–Crippen LogP) is 1.31. The number of benzene rings is 1. The lowest BCUT2D eigenvalue weighted by molar-refractivity contribution is -0.171. The molecular weight excluding hydrogens is 196 g/mol. The largest absolute Gasteiger partial charge is 0.497 e. The van der Waals surface area contributed by atoms with E-state index < -0.39 is 6.10 Å². The zero-order chi connectivity index (χ0) is 10.7. The number of hydrogen-bond acceptors (Lipinski definition) is 4. The number of hydrogen-bond donors (Lipinski definition) is 0. The van der Waals surface area contributed by atoms with Gasteiger partial charge in [-0.25, -0.2) is 4.79 Å². The highest BCUT2D eigenvalue weighted by Gasteiger charge is 2.26. The first-order valence-corrected chi connectivity index (χ1v) is 4.73. The lowest BCUT2D eigenvalue weighted by Crippen LogP contribution is -2.27. The van der Waals surface area contributed by atoms with Crippen LogP contribution in [0.5, 0.6) is 5.75 Å². The molecule has 4 heteroatoms. The van der Waals surface area contributed by atoms with Crippen LogP contribution in [0.2, 0.25) is 0 Å². The van der Waals surface area contributed by atoms with Crippen LogP contribution < -0.4 is 4.74 Å². The quantitative estimate of drug-likeness (QED) is 0.687. The molecular formula is C11H12O4. The van der Waals surface area contributed by atoms with Crippen LogP contribution in [0.3, 0.4) is 0 Å². The highest BCUT2D eigenvalue weighted by Crippen LogP contribution is 2.23. The van der Waals surface area contributed by atoms with E-state index >= 15 is 0 Å². The van der Waals surface area contributed by atoms with Crippen LogP contribution in [0.1, 0.15) is 11.7 Å². The van der Waals surface area contributed by atoms with Crippen molar-refractivity contribution in [2.24, 2.45) is 0 Å². The Labute approximate surface area is 87.8 Å². The fraction of sp³-hybridized carbons (Fsp3) is 0.364. The molecule has 1 aromatic carbocycles. The van der Waals surface area contributed by atoms with Gasteiger partial charge in [-0.3, -0.25) is 0 Å². The second-order valence-corrected chi connectivity index (χ2v) is 3.19. The highest BCUT2D eigenvalue weighted by molar-refractivity contribution is 5.77. The van der Waals surface area contributed by atoms with E-state index in [9.17, 15) is 4.79 Å². The second-order valence-electron chi connectivity index (χ2n) is 3.19. The Morgan fingerprint density at radius 3 is 2.60 bits per heavy atom. The predicted molar refractivity (Wildman–Crippen MR) is 52.6 cm³/mol. The zero-order valence-corrected chi connectivity index (χ0v) is 8.43. The van der Waals surface area contributed by atoms with Gasteiger partial charge in [0.25, 0.3) is 0 Å². The molecule has 1 saturated heterocycles. The van der Waals surface area contributed by atoms with Crippen LogP contribution >= 0.6 is 0 Å². The van der Waals surface area contributed by atoms with Gasteiger partial charge in [0.1, 0.15) is 12.4 Å². The average molecular weight is 208 g/mol. The molecule has 80 valence electrons. The topological polar surface area (TPSA) is 44.8 Å². The van der Waals surface area contributed by atoms with Crippen molar-refractivity contribution in [2.45, 2.75) is 6.10 Å². The van der Waals surface area contributed by atoms with Crippen molar-refractivity contribution in [1.29, 1.82) is 0 Å². The smallest absolute Gasteiger partial charge is 0.340 e. The van der Waals surface area contributed by atoms with Crippen molar-refractivity contribution in [2.75, 3.05) is 20.3 Å². The maximum atomic E-state index is 11.4. The van der Waals surface area contributed by atoms with Crippen LogP contribution in [0.4, 0.5) is 0 Å². The molecule has 1 aliphatic heterocycles. The molecule has 1 atom stereocenters. The van der Waals surface area contributed by atoms with Crippen LogP contribution in [-0.2, 0) is 14.3 Å².